The molecule has 2 aromatic rings. The molecule has 0 atom stereocenters. The second kappa shape index (κ2) is 8.86. The molecule has 0 saturated carbocycles. The Bertz CT molecular complexity index is 908. The Morgan fingerprint density at radius 1 is 1.11 bits per heavy atom. The molecule has 2 aromatic carbocycles. The van der Waals surface area contributed by atoms with E-state index in [0.29, 0.717) is 5.56 Å². The van der Waals surface area contributed by atoms with Gasteiger partial charge in [0.2, 0.25) is 10.0 Å². The van der Waals surface area contributed by atoms with Crippen LogP contribution in [0.5, 0.6) is 0 Å². The van der Waals surface area contributed by atoms with Crippen LogP contribution in [0.25, 0.3) is 0 Å². The van der Waals surface area contributed by atoms with Gasteiger partial charge in [0.1, 0.15) is 0 Å². The van der Waals surface area contributed by atoms with Crippen molar-refractivity contribution >= 4 is 15.9 Å². The molecule has 1 fully saturated rings. The van der Waals surface area contributed by atoms with E-state index in [2.05, 4.69) is 16.7 Å². The van der Waals surface area contributed by atoms with Gasteiger partial charge in [-0.05, 0) is 56.7 Å². The number of carbonyl (C=O) groups excluding carboxylic acids is 1. The van der Waals surface area contributed by atoms with E-state index in [1.165, 1.54) is 12.1 Å². The fourth-order valence-electron chi connectivity index (χ4n) is 3.41. The van der Waals surface area contributed by atoms with Gasteiger partial charge in [-0.25, -0.2) is 13.1 Å². The van der Waals surface area contributed by atoms with Gasteiger partial charge in [-0.2, -0.15) is 0 Å². The second-order valence-corrected chi connectivity index (χ2v) is 9.06. The lowest BCUT2D eigenvalue weighted by Gasteiger charge is -2.35. The number of nitrogens with zero attached hydrogens (tertiary/aromatic N) is 2. The number of sulfonamides is 1. The van der Waals surface area contributed by atoms with Gasteiger partial charge in [0.15, 0.2) is 0 Å². The molecule has 6 nitrogen and oxygen atoms in total. The average Bonchev–Trinajstić information content (AvgIpc) is 2.73. The molecule has 0 spiro atoms. The molecule has 1 aliphatic heterocycles. The van der Waals surface area contributed by atoms with Gasteiger partial charge in [0.05, 0.1) is 4.90 Å². The molecule has 28 heavy (non-hydrogen) atoms. The number of rotatable bonds is 6. The molecule has 1 amide bonds. The zero-order valence-corrected chi connectivity index (χ0v) is 17.2. The van der Waals surface area contributed by atoms with Crippen molar-refractivity contribution in [2.45, 2.75) is 30.3 Å². The third-order valence-corrected chi connectivity index (χ3v) is 6.66. The topological polar surface area (TPSA) is 69.7 Å². The predicted octanol–water partition coefficient (Wildman–Crippen LogP) is 2.33. The summed E-state index contributed by atoms with van der Waals surface area (Å²) in [6, 6.07) is 15.8. The van der Waals surface area contributed by atoms with Crippen molar-refractivity contribution in [3.63, 3.8) is 0 Å². The maximum atomic E-state index is 12.9. The molecule has 0 aliphatic carbocycles. The maximum absolute atomic E-state index is 12.9. The van der Waals surface area contributed by atoms with E-state index in [0.717, 1.165) is 31.5 Å². The quantitative estimate of drug-likeness (QED) is 0.807. The molecule has 0 unspecified atom stereocenters. The molecule has 0 bridgehead atoms. The van der Waals surface area contributed by atoms with Gasteiger partial charge in [-0.15, -0.1) is 0 Å². The lowest BCUT2D eigenvalue weighted by atomic mass is 10.0. The molecule has 3 rings (SSSR count). The Morgan fingerprint density at radius 2 is 1.79 bits per heavy atom. The van der Waals surface area contributed by atoms with Gasteiger partial charge >= 0.3 is 0 Å². The maximum Gasteiger partial charge on any atom is 0.253 e. The number of hydrogen-bond donors (Lipinski definition) is 1. The first-order chi connectivity index (χ1) is 13.4. The summed E-state index contributed by atoms with van der Waals surface area (Å²) in [5.74, 6) is -0.144. The average molecular weight is 402 g/mol. The second-order valence-electron chi connectivity index (χ2n) is 7.29. The first-order valence-electron chi connectivity index (χ1n) is 9.46. The van der Waals surface area contributed by atoms with Crippen molar-refractivity contribution in [2.24, 2.45) is 0 Å². The van der Waals surface area contributed by atoms with Gasteiger partial charge in [-0.1, -0.05) is 36.4 Å². The Hall–Kier alpha value is -2.22. The molecule has 1 heterocycles. The smallest absolute Gasteiger partial charge is 0.253 e. The molecular formula is C21H27N3O3S. The SMILES string of the molecule is CN1CCC(N(C)C(=O)c2cccc(S(=O)(=O)NCc3ccccc3)c2)CC1. The number of nitrogens with one attached hydrogen (secondary N) is 1. The third kappa shape index (κ3) is 4.98. The minimum Gasteiger partial charge on any atom is -0.339 e. The molecule has 1 saturated heterocycles. The number of benzene rings is 2. The standard InChI is InChI=1S/C21H27N3O3S/c1-23-13-11-19(12-14-23)24(2)21(25)18-9-6-10-20(15-18)28(26,27)22-16-17-7-4-3-5-8-17/h3-10,15,19,22H,11-14,16H2,1-2H3. The summed E-state index contributed by atoms with van der Waals surface area (Å²) in [5.41, 5.74) is 1.27. The highest BCUT2D eigenvalue weighted by atomic mass is 32.2. The van der Waals surface area contributed by atoms with Crippen LogP contribution in [0.3, 0.4) is 0 Å². The summed E-state index contributed by atoms with van der Waals surface area (Å²) in [7, 11) is 0.177. The van der Waals surface area contributed by atoms with Gasteiger partial charge in [0.25, 0.3) is 5.91 Å². The largest absolute Gasteiger partial charge is 0.339 e. The normalized spacial score (nSPS) is 16.1. The van der Waals surface area contributed by atoms with E-state index in [4.69, 9.17) is 0 Å². The van der Waals surface area contributed by atoms with Crippen LogP contribution in [-0.4, -0.2) is 57.4 Å². The van der Waals surface area contributed by atoms with Gasteiger partial charge in [-0.3, -0.25) is 4.79 Å². The Labute approximate surface area is 167 Å². The van der Waals surface area contributed by atoms with Crippen molar-refractivity contribution in [2.75, 3.05) is 27.2 Å². The first kappa shape index (κ1) is 20.5. The fourth-order valence-corrected chi connectivity index (χ4v) is 4.47. The molecule has 7 heteroatoms. The third-order valence-electron chi connectivity index (χ3n) is 5.26. The summed E-state index contributed by atoms with van der Waals surface area (Å²) in [6.07, 6.45) is 1.85. The van der Waals surface area contributed by atoms with Crippen molar-refractivity contribution in [3.05, 3.63) is 65.7 Å². The number of likely N-dealkylation sites (tertiary alicyclic amines) is 1. The number of carbonyl (C=O) groups is 1. The highest BCUT2D eigenvalue weighted by Crippen LogP contribution is 2.19. The van der Waals surface area contributed by atoms with Crippen LogP contribution in [0.2, 0.25) is 0 Å². The van der Waals surface area contributed by atoms with Gasteiger partial charge in [0, 0.05) is 25.2 Å². The summed E-state index contributed by atoms with van der Waals surface area (Å²) in [5, 5.41) is 0. The predicted molar refractivity (Wildman–Crippen MR) is 110 cm³/mol. The minimum atomic E-state index is -3.70. The lowest BCUT2D eigenvalue weighted by Crippen LogP contribution is -2.44. The van der Waals surface area contributed by atoms with Crippen LogP contribution in [0.1, 0.15) is 28.8 Å². The lowest BCUT2D eigenvalue weighted by molar-refractivity contribution is 0.0659. The number of piperidine rings is 1. The molecular weight excluding hydrogens is 374 g/mol. The van der Waals surface area contributed by atoms with Crippen molar-refractivity contribution < 1.29 is 13.2 Å². The fraction of sp³-hybridized carbons (Fsp3) is 0.381. The van der Waals surface area contributed by atoms with E-state index in [-0.39, 0.29) is 23.4 Å². The summed E-state index contributed by atoms with van der Waals surface area (Å²) >= 11 is 0. The highest BCUT2D eigenvalue weighted by Gasteiger charge is 2.25. The molecule has 0 radical (unpaired) electrons. The van der Waals surface area contributed by atoms with Crippen LogP contribution in [-0.2, 0) is 16.6 Å². The van der Waals surface area contributed by atoms with E-state index in [1.54, 1.807) is 24.1 Å². The van der Waals surface area contributed by atoms with Crippen LogP contribution >= 0.6 is 0 Å². The summed E-state index contributed by atoms with van der Waals surface area (Å²) in [4.78, 5) is 17.0. The first-order valence-corrected chi connectivity index (χ1v) is 10.9. The Kier molecular flexibility index (Phi) is 6.49. The van der Waals surface area contributed by atoms with E-state index in [1.807, 2.05) is 30.3 Å². The van der Waals surface area contributed by atoms with Gasteiger partial charge < -0.3 is 9.80 Å². The number of hydrogen-bond acceptors (Lipinski definition) is 4. The zero-order chi connectivity index (χ0) is 20.1. The molecule has 1 aliphatic rings. The highest BCUT2D eigenvalue weighted by molar-refractivity contribution is 7.89. The van der Waals surface area contributed by atoms with Crippen molar-refractivity contribution in [1.29, 1.82) is 0 Å². The van der Waals surface area contributed by atoms with E-state index >= 15 is 0 Å². The molecule has 0 aromatic heterocycles. The van der Waals surface area contributed by atoms with Crippen LogP contribution in [0.15, 0.2) is 59.5 Å². The Morgan fingerprint density at radius 3 is 2.46 bits per heavy atom. The van der Waals surface area contributed by atoms with E-state index < -0.39 is 10.0 Å². The van der Waals surface area contributed by atoms with E-state index in [9.17, 15) is 13.2 Å². The number of amides is 1. The summed E-state index contributed by atoms with van der Waals surface area (Å²) in [6.45, 7) is 2.12. The Balaban J connectivity index is 1.71. The van der Waals surface area contributed by atoms with Crippen LogP contribution in [0, 0.1) is 0 Å². The monoisotopic (exact) mass is 401 g/mol. The molecule has 150 valence electrons. The van der Waals surface area contributed by atoms with Crippen molar-refractivity contribution in [3.8, 4) is 0 Å². The minimum absolute atomic E-state index is 0.103. The van der Waals surface area contributed by atoms with Crippen LogP contribution < -0.4 is 4.72 Å². The van der Waals surface area contributed by atoms with Crippen LogP contribution in [0.4, 0.5) is 0 Å². The summed E-state index contributed by atoms with van der Waals surface area (Å²) < 4.78 is 27.9. The van der Waals surface area contributed by atoms with Crippen molar-refractivity contribution in [1.82, 2.24) is 14.5 Å². The molecule has 1 N–H and O–H groups in total. The zero-order valence-electron chi connectivity index (χ0n) is 16.3.